The molecule has 2 aromatic rings. The van der Waals surface area contributed by atoms with Gasteiger partial charge in [0, 0.05) is 17.8 Å². The topological polar surface area (TPSA) is 57.6 Å². The number of aliphatic carboxylic acids is 1. The van der Waals surface area contributed by atoms with Gasteiger partial charge < -0.3 is 5.11 Å². The summed E-state index contributed by atoms with van der Waals surface area (Å²) < 4.78 is 0. The Morgan fingerprint density at radius 3 is 1.65 bits per heavy atom. The van der Waals surface area contributed by atoms with Gasteiger partial charge in [0.2, 0.25) is 5.91 Å². The van der Waals surface area contributed by atoms with Crippen molar-refractivity contribution < 1.29 is 14.7 Å². The number of para-hydroxylation sites is 2. The zero-order valence-electron chi connectivity index (χ0n) is 10.9. The van der Waals surface area contributed by atoms with Gasteiger partial charge in [-0.15, -0.1) is 0 Å². The minimum Gasteiger partial charge on any atom is -0.481 e. The molecule has 2 rings (SSSR count). The number of hydrogen-bond acceptors (Lipinski definition) is 2. The fourth-order valence-electron chi connectivity index (χ4n) is 1.92. The predicted octanol–water partition coefficient (Wildman–Crippen LogP) is 3.22. The smallest absolute Gasteiger partial charge is 0.303 e. The highest BCUT2D eigenvalue weighted by atomic mass is 16.4. The lowest BCUT2D eigenvalue weighted by molar-refractivity contribution is -0.138. The van der Waals surface area contributed by atoms with E-state index in [1.807, 2.05) is 60.7 Å². The third kappa shape index (κ3) is 3.45. The Balaban J connectivity index is 2.30. The second kappa shape index (κ2) is 6.52. The molecule has 0 saturated carbocycles. The van der Waals surface area contributed by atoms with Crippen molar-refractivity contribution in [1.29, 1.82) is 0 Å². The maximum absolute atomic E-state index is 12.3. The van der Waals surface area contributed by atoms with Gasteiger partial charge in [-0.3, -0.25) is 14.5 Å². The van der Waals surface area contributed by atoms with Crippen LogP contribution in [0.25, 0.3) is 0 Å². The summed E-state index contributed by atoms with van der Waals surface area (Å²) >= 11 is 0. The lowest BCUT2D eigenvalue weighted by Crippen LogP contribution is -2.26. The summed E-state index contributed by atoms with van der Waals surface area (Å²) in [7, 11) is 0. The van der Waals surface area contributed by atoms with E-state index in [9.17, 15) is 9.59 Å². The monoisotopic (exact) mass is 269 g/mol. The van der Waals surface area contributed by atoms with Crippen LogP contribution in [0, 0.1) is 0 Å². The Labute approximate surface area is 117 Å². The second-order valence-electron chi connectivity index (χ2n) is 4.29. The van der Waals surface area contributed by atoms with E-state index in [0.29, 0.717) is 0 Å². The molecule has 1 N–H and O–H groups in total. The predicted molar refractivity (Wildman–Crippen MR) is 76.9 cm³/mol. The first-order valence-electron chi connectivity index (χ1n) is 6.33. The molecule has 4 nitrogen and oxygen atoms in total. The van der Waals surface area contributed by atoms with E-state index in [1.165, 1.54) is 0 Å². The summed E-state index contributed by atoms with van der Waals surface area (Å²) in [5.41, 5.74) is 1.46. The number of rotatable bonds is 5. The number of carbonyl (C=O) groups is 2. The van der Waals surface area contributed by atoms with Crippen molar-refractivity contribution in [3.8, 4) is 0 Å². The Morgan fingerprint density at radius 1 is 0.800 bits per heavy atom. The van der Waals surface area contributed by atoms with E-state index in [-0.39, 0.29) is 18.7 Å². The van der Waals surface area contributed by atoms with Crippen molar-refractivity contribution in [3.05, 3.63) is 60.7 Å². The number of carboxylic acids is 1. The molecule has 0 unspecified atom stereocenters. The molecule has 4 heteroatoms. The molecule has 0 spiro atoms. The molecular weight excluding hydrogens is 254 g/mol. The summed E-state index contributed by atoms with van der Waals surface area (Å²) in [6, 6.07) is 18.4. The average molecular weight is 269 g/mol. The van der Waals surface area contributed by atoms with Crippen LogP contribution in [0.1, 0.15) is 12.8 Å². The van der Waals surface area contributed by atoms with Gasteiger partial charge in [-0.25, -0.2) is 0 Å². The van der Waals surface area contributed by atoms with Crippen molar-refractivity contribution in [2.45, 2.75) is 12.8 Å². The van der Waals surface area contributed by atoms with Crippen LogP contribution in [0.5, 0.6) is 0 Å². The van der Waals surface area contributed by atoms with Crippen LogP contribution in [0.15, 0.2) is 60.7 Å². The number of carboxylic acid groups (broad SMARTS) is 1. The normalized spacial score (nSPS) is 10.0. The Morgan fingerprint density at radius 2 is 1.25 bits per heavy atom. The minimum absolute atomic E-state index is 0.0286. The molecule has 0 heterocycles. The van der Waals surface area contributed by atoms with E-state index >= 15 is 0 Å². The van der Waals surface area contributed by atoms with Crippen LogP contribution in [-0.4, -0.2) is 17.0 Å². The zero-order chi connectivity index (χ0) is 14.4. The van der Waals surface area contributed by atoms with Gasteiger partial charge in [0.15, 0.2) is 0 Å². The molecule has 0 aromatic heterocycles. The third-order valence-electron chi connectivity index (χ3n) is 2.83. The third-order valence-corrected chi connectivity index (χ3v) is 2.83. The standard InChI is InChI=1S/C16H15NO3/c18-15(11-12-16(19)20)17(13-7-3-1-4-8-13)14-9-5-2-6-10-14/h1-10H,11-12H2,(H,19,20). The van der Waals surface area contributed by atoms with Crippen LogP contribution in [0.3, 0.4) is 0 Å². The first-order chi connectivity index (χ1) is 9.68. The molecule has 0 aliphatic carbocycles. The summed E-state index contributed by atoms with van der Waals surface area (Å²) in [6.07, 6.45) is -0.200. The summed E-state index contributed by atoms with van der Waals surface area (Å²) in [5, 5.41) is 8.71. The molecule has 102 valence electrons. The Kier molecular flexibility index (Phi) is 4.50. The molecule has 1 amide bonds. The molecule has 0 aliphatic heterocycles. The van der Waals surface area contributed by atoms with E-state index in [4.69, 9.17) is 5.11 Å². The molecular formula is C16H15NO3. The van der Waals surface area contributed by atoms with Crippen molar-refractivity contribution in [2.75, 3.05) is 4.90 Å². The van der Waals surface area contributed by atoms with E-state index in [1.54, 1.807) is 4.90 Å². The fourth-order valence-corrected chi connectivity index (χ4v) is 1.92. The molecule has 0 radical (unpaired) electrons. The summed E-state index contributed by atoms with van der Waals surface area (Å²) in [6.45, 7) is 0. The number of benzene rings is 2. The SMILES string of the molecule is O=C(O)CCC(=O)N(c1ccccc1)c1ccccc1. The maximum Gasteiger partial charge on any atom is 0.303 e. The van der Waals surface area contributed by atoms with Gasteiger partial charge >= 0.3 is 5.97 Å². The first kappa shape index (κ1) is 13.8. The highest BCUT2D eigenvalue weighted by molar-refractivity contribution is 6.01. The summed E-state index contributed by atoms with van der Waals surface area (Å²) in [4.78, 5) is 24.5. The average Bonchev–Trinajstić information content (AvgIpc) is 2.48. The van der Waals surface area contributed by atoms with Crippen LogP contribution < -0.4 is 4.90 Å². The van der Waals surface area contributed by atoms with Crippen molar-refractivity contribution in [3.63, 3.8) is 0 Å². The number of carbonyl (C=O) groups excluding carboxylic acids is 1. The van der Waals surface area contributed by atoms with Gasteiger partial charge in [-0.1, -0.05) is 36.4 Å². The van der Waals surface area contributed by atoms with Crippen molar-refractivity contribution in [1.82, 2.24) is 0 Å². The molecule has 0 atom stereocenters. The number of anilines is 2. The molecule has 0 fully saturated rings. The van der Waals surface area contributed by atoms with Crippen LogP contribution in [0.4, 0.5) is 11.4 Å². The van der Waals surface area contributed by atoms with E-state index < -0.39 is 5.97 Å². The van der Waals surface area contributed by atoms with Gasteiger partial charge in [0.25, 0.3) is 0 Å². The molecule has 20 heavy (non-hydrogen) atoms. The molecule has 0 saturated heterocycles. The maximum atomic E-state index is 12.3. The molecule has 0 bridgehead atoms. The highest BCUT2D eigenvalue weighted by Crippen LogP contribution is 2.25. The molecule has 0 aliphatic rings. The zero-order valence-corrected chi connectivity index (χ0v) is 10.9. The van der Waals surface area contributed by atoms with E-state index in [0.717, 1.165) is 11.4 Å². The van der Waals surface area contributed by atoms with Gasteiger partial charge in [0.05, 0.1) is 6.42 Å². The lowest BCUT2D eigenvalue weighted by Gasteiger charge is -2.22. The Hall–Kier alpha value is -2.62. The number of hydrogen-bond donors (Lipinski definition) is 1. The number of nitrogens with zero attached hydrogens (tertiary/aromatic N) is 1. The van der Waals surface area contributed by atoms with Crippen LogP contribution in [-0.2, 0) is 9.59 Å². The minimum atomic E-state index is -0.973. The largest absolute Gasteiger partial charge is 0.481 e. The van der Waals surface area contributed by atoms with Crippen LogP contribution in [0.2, 0.25) is 0 Å². The van der Waals surface area contributed by atoms with E-state index in [2.05, 4.69) is 0 Å². The fraction of sp³-hybridized carbons (Fsp3) is 0.125. The van der Waals surface area contributed by atoms with Gasteiger partial charge in [0.1, 0.15) is 0 Å². The van der Waals surface area contributed by atoms with Crippen molar-refractivity contribution >= 4 is 23.3 Å². The lowest BCUT2D eigenvalue weighted by atomic mass is 10.2. The van der Waals surface area contributed by atoms with Gasteiger partial charge in [-0.05, 0) is 24.3 Å². The van der Waals surface area contributed by atoms with Gasteiger partial charge in [-0.2, -0.15) is 0 Å². The summed E-state index contributed by atoms with van der Waals surface area (Å²) in [5.74, 6) is -1.20. The van der Waals surface area contributed by atoms with Crippen LogP contribution >= 0.6 is 0 Å². The highest BCUT2D eigenvalue weighted by Gasteiger charge is 2.18. The molecule has 2 aromatic carbocycles. The first-order valence-corrected chi connectivity index (χ1v) is 6.33. The quantitative estimate of drug-likeness (QED) is 0.906. The second-order valence-corrected chi connectivity index (χ2v) is 4.29. The van der Waals surface area contributed by atoms with Crippen molar-refractivity contribution in [2.24, 2.45) is 0 Å². The Bertz CT molecular complexity index is 542. The number of amides is 1.